The number of rotatable bonds is 2. The van der Waals surface area contributed by atoms with Gasteiger partial charge >= 0.3 is 17.6 Å². The molecule has 0 saturated heterocycles. The number of aromatic nitrogens is 4. The largest absolute Gasteiger partial charge is 0.478 e. The number of hydrogen-bond donors (Lipinski definition) is 2. The number of aryl methyl sites for hydroxylation is 2. The summed E-state index contributed by atoms with van der Waals surface area (Å²) in [5.41, 5.74) is 0.180. The van der Waals surface area contributed by atoms with Crippen LogP contribution in [-0.2, 0) is 30.7 Å². The van der Waals surface area contributed by atoms with E-state index in [9.17, 15) is 19.2 Å². The molecule has 10 nitrogen and oxygen atoms in total. The molecular weight excluding hydrogens is 296 g/mol. The molecule has 0 aliphatic rings. The third-order valence-electron chi connectivity index (χ3n) is 2.69. The fraction of sp³-hybridized carbons (Fsp3) is 0.250. The normalized spacial score (nSPS) is 10.5. The Morgan fingerprint density at radius 1 is 1.05 bits per heavy atom. The van der Waals surface area contributed by atoms with Gasteiger partial charge in [-0.2, -0.15) is 0 Å². The lowest BCUT2D eigenvalue weighted by Gasteiger charge is -2.02. The Hall–Kier alpha value is -3.17. The lowest BCUT2D eigenvalue weighted by molar-refractivity contribution is -0.134. The Balaban J connectivity index is 0.000000261. The van der Waals surface area contributed by atoms with Crippen molar-refractivity contribution in [3.8, 4) is 0 Å². The average molecular weight is 310 g/mol. The first-order valence-corrected chi connectivity index (χ1v) is 5.87. The minimum absolute atomic E-state index is 0.317. The molecule has 0 aromatic carbocycles. The van der Waals surface area contributed by atoms with Crippen LogP contribution in [0.1, 0.15) is 0 Å². The van der Waals surface area contributed by atoms with Gasteiger partial charge in [0.1, 0.15) is 0 Å². The fourth-order valence-electron chi connectivity index (χ4n) is 1.61. The molecular formula is C12H14N4O6. The number of nitrogens with zero attached hydrogens (tertiary/aromatic N) is 4. The van der Waals surface area contributed by atoms with E-state index in [4.69, 9.17) is 10.2 Å². The van der Waals surface area contributed by atoms with E-state index < -0.39 is 11.9 Å². The summed E-state index contributed by atoms with van der Waals surface area (Å²) in [6.07, 6.45) is 2.64. The van der Waals surface area contributed by atoms with Crippen molar-refractivity contribution < 1.29 is 19.8 Å². The monoisotopic (exact) mass is 310 g/mol. The maximum Gasteiger partial charge on any atom is 0.332 e. The number of carboxylic acid groups (broad SMARTS) is 2. The van der Waals surface area contributed by atoms with Crippen LogP contribution < -0.4 is 11.2 Å². The summed E-state index contributed by atoms with van der Waals surface area (Å²) in [6, 6.07) is 0. The minimum atomic E-state index is -1.26. The summed E-state index contributed by atoms with van der Waals surface area (Å²) < 4.78 is 4.04. The van der Waals surface area contributed by atoms with E-state index >= 15 is 0 Å². The molecule has 2 aromatic rings. The van der Waals surface area contributed by atoms with Gasteiger partial charge in [0.2, 0.25) is 0 Å². The lowest BCUT2D eigenvalue weighted by atomic mass is 10.5. The summed E-state index contributed by atoms with van der Waals surface area (Å²) in [7, 11) is 4.77. The number of carboxylic acids is 2. The van der Waals surface area contributed by atoms with Gasteiger partial charge in [-0.3, -0.25) is 13.9 Å². The van der Waals surface area contributed by atoms with Crippen molar-refractivity contribution in [1.29, 1.82) is 0 Å². The zero-order valence-corrected chi connectivity index (χ0v) is 12.0. The Labute approximate surface area is 123 Å². The summed E-state index contributed by atoms with van der Waals surface area (Å²) in [4.78, 5) is 46.3. The maximum atomic E-state index is 11.7. The lowest BCUT2D eigenvalue weighted by Crippen LogP contribution is -2.37. The second-order valence-corrected chi connectivity index (χ2v) is 4.24. The van der Waals surface area contributed by atoms with E-state index in [1.165, 1.54) is 17.9 Å². The zero-order chi connectivity index (χ0) is 17.0. The molecule has 0 radical (unpaired) electrons. The molecule has 0 atom stereocenters. The Morgan fingerprint density at radius 3 is 2.00 bits per heavy atom. The predicted molar refractivity (Wildman–Crippen MR) is 75.6 cm³/mol. The molecule has 22 heavy (non-hydrogen) atoms. The molecule has 0 aliphatic carbocycles. The van der Waals surface area contributed by atoms with Crippen molar-refractivity contribution in [3.63, 3.8) is 0 Å². The molecule has 2 N–H and O–H groups in total. The maximum absolute atomic E-state index is 11.7. The van der Waals surface area contributed by atoms with Crippen molar-refractivity contribution in [2.75, 3.05) is 0 Å². The second-order valence-electron chi connectivity index (χ2n) is 4.24. The van der Waals surface area contributed by atoms with E-state index in [1.54, 1.807) is 18.7 Å². The molecule has 0 amide bonds. The van der Waals surface area contributed by atoms with Crippen molar-refractivity contribution >= 4 is 23.1 Å². The standard InChI is InChI=1S/C8H10N4O2.C4H4O4/c1-10-4-9-6-5(10)7(13)12(3)8(14)11(6)2;5-3(6)1-2-4(7)8/h4H,1-3H3;1-2H,(H,5,6)(H,7,8)/b;2-1-. The second kappa shape index (κ2) is 6.52. The highest BCUT2D eigenvalue weighted by molar-refractivity contribution is 5.89. The van der Waals surface area contributed by atoms with Crippen LogP contribution in [0.15, 0.2) is 28.1 Å². The van der Waals surface area contributed by atoms with Crippen LogP contribution >= 0.6 is 0 Å². The average Bonchev–Trinajstić information content (AvgIpc) is 2.83. The van der Waals surface area contributed by atoms with Gasteiger partial charge in [0.15, 0.2) is 11.2 Å². The van der Waals surface area contributed by atoms with Crippen LogP contribution in [0.5, 0.6) is 0 Å². The van der Waals surface area contributed by atoms with Gasteiger partial charge in [-0.1, -0.05) is 0 Å². The predicted octanol–water partition coefficient (Wildman–Crippen LogP) is -1.32. The molecule has 10 heteroatoms. The highest BCUT2D eigenvalue weighted by Gasteiger charge is 2.11. The molecule has 2 rings (SSSR count). The minimum Gasteiger partial charge on any atom is -0.478 e. The molecule has 0 aliphatic heterocycles. The van der Waals surface area contributed by atoms with Gasteiger partial charge in [-0.05, 0) is 0 Å². The van der Waals surface area contributed by atoms with Crippen molar-refractivity contribution in [2.45, 2.75) is 0 Å². The number of aliphatic carboxylic acids is 2. The van der Waals surface area contributed by atoms with E-state index in [0.717, 1.165) is 4.57 Å². The molecule has 0 fully saturated rings. The highest BCUT2D eigenvalue weighted by atomic mass is 16.4. The highest BCUT2D eigenvalue weighted by Crippen LogP contribution is 2.01. The van der Waals surface area contributed by atoms with Gasteiger partial charge in [0, 0.05) is 33.3 Å². The number of imidazole rings is 1. The number of carbonyl (C=O) groups is 2. The van der Waals surface area contributed by atoms with Gasteiger partial charge in [-0.15, -0.1) is 0 Å². The van der Waals surface area contributed by atoms with Crippen LogP contribution in [0, 0.1) is 0 Å². The summed E-state index contributed by atoms with van der Waals surface area (Å²) >= 11 is 0. The van der Waals surface area contributed by atoms with Crippen molar-refractivity contribution in [3.05, 3.63) is 39.3 Å². The SMILES string of the molecule is Cn1c(=O)c2c(ncn2C)n(C)c1=O.O=C(O)/C=C\C(=O)O. The van der Waals surface area contributed by atoms with Gasteiger partial charge in [0.25, 0.3) is 5.56 Å². The third kappa shape index (κ3) is 3.48. The molecule has 0 unspecified atom stereocenters. The number of hydrogen-bond acceptors (Lipinski definition) is 5. The van der Waals surface area contributed by atoms with Gasteiger partial charge in [0.05, 0.1) is 6.33 Å². The molecule has 2 heterocycles. The Morgan fingerprint density at radius 2 is 1.55 bits per heavy atom. The van der Waals surface area contributed by atoms with Gasteiger partial charge < -0.3 is 14.8 Å². The molecule has 0 spiro atoms. The van der Waals surface area contributed by atoms with Crippen LogP contribution in [0.4, 0.5) is 0 Å². The summed E-state index contributed by atoms with van der Waals surface area (Å²) in [5.74, 6) is -2.51. The van der Waals surface area contributed by atoms with Crippen LogP contribution in [0.25, 0.3) is 11.2 Å². The summed E-state index contributed by atoms with van der Waals surface area (Å²) in [6.45, 7) is 0. The first kappa shape index (κ1) is 16.9. The smallest absolute Gasteiger partial charge is 0.332 e. The van der Waals surface area contributed by atoms with E-state index in [1.807, 2.05) is 0 Å². The van der Waals surface area contributed by atoms with Crippen molar-refractivity contribution in [1.82, 2.24) is 18.7 Å². The topological polar surface area (TPSA) is 136 Å². The van der Waals surface area contributed by atoms with Crippen molar-refractivity contribution in [2.24, 2.45) is 21.1 Å². The quantitative estimate of drug-likeness (QED) is 0.656. The number of fused-ring (bicyclic) bond motifs is 1. The van der Waals surface area contributed by atoms with E-state index in [-0.39, 0.29) is 11.2 Å². The molecule has 0 bridgehead atoms. The van der Waals surface area contributed by atoms with Crippen LogP contribution in [0.3, 0.4) is 0 Å². The third-order valence-corrected chi connectivity index (χ3v) is 2.69. The first-order chi connectivity index (χ1) is 10.2. The molecule has 0 saturated carbocycles. The Bertz CT molecular complexity index is 854. The Kier molecular flexibility index (Phi) is 5.00. The van der Waals surface area contributed by atoms with Crippen LogP contribution in [-0.4, -0.2) is 40.8 Å². The van der Waals surface area contributed by atoms with Gasteiger partial charge in [-0.25, -0.2) is 19.4 Å². The van der Waals surface area contributed by atoms with E-state index in [2.05, 4.69) is 4.98 Å². The molecule has 118 valence electrons. The summed E-state index contributed by atoms with van der Waals surface area (Å²) in [5, 5.41) is 15.6. The van der Waals surface area contributed by atoms with Crippen LogP contribution in [0.2, 0.25) is 0 Å². The molecule has 2 aromatic heterocycles. The first-order valence-electron chi connectivity index (χ1n) is 5.87. The zero-order valence-electron chi connectivity index (χ0n) is 12.0. The van der Waals surface area contributed by atoms with E-state index in [0.29, 0.717) is 23.3 Å². The fourth-order valence-corrected chi connectivity index (χ4v) is 1.61.